The number of aryl methyl sites for hydroxylation is 6. The first-order valence-electron chi connectivity index (χ1n) is 7.72. The first-order chi connectivity index (χ1) is 10.8. The number of rotatable bonds is 3. The topological polar surface area (TPSA) is 34.1 Å². The third-order valence-corrected chi connectivity index (χ3v) is 4.16. The molecule has 0 N–H and O–H groups in total. The van der Waals surface area contributed by atoms with Crippen LogP contribution in [-0.2, 0) is 4.79 Å². The highest BCUT2D eigenvalue weighted by molar-refractivity contribution is 6.36. The molecule has 0 saturated carbocycles. The molecule has 0 aliphatic carbocycles. The third kappa shape index (κ3) is 3.18. The number of benzene rings is 2. The van der Waals surface area contributed by atoms with Gasteiger partial charge in [0.1, 0.15) is 11.5 Å². The zero-order chi connectivity index (χ0) is 17.3. The SMILES string of the molecule is Cc1cc(C)c(C(=O)C(=C=O)c2c(C)cc(C)cc2C)c(C)c1. The molecule has 0 fully saturated rings. The van der Waals surface area contributed by atoms with Gasteiger partial charge in [0.2, 0.25) is 5.78 Å². The second kappa shape index (κ2) is 6.36. The molecule has 2 heteroatoms. The Labute approximate surface area is 137 Å². The van der Waals surface area contributed by atoms with Gasteiger partial charge in [-0.25, -0.2) is 4.79 Å². The van der Waals surface area contributed by atoms with Crippen LogP contribution in [0.15, 0.2) is 24.3 Å². The van der Waals surface area contributed by atoms with Gasteiger partial charge in [-0.3, -0.25) is 4.79 Å². The second-order valence-corrected chi connectivity index (χ2v) is 6.35. The molecule has 0 unspecified atom stereocenters. The minimum absolute atomic E-state index is 0.120. The van der Waals surface area contributed by atoms with Crippen LogP contribution in [0.4, 0.5) is 0 Å². The van der Waals surface area contributed by atoms with Crippen LogP contribution in [0.2, 0.25) is 0 Å². The van der Waals surface area contributed by atoms with Crippen molar-refractivity contribution in [2.24, 2.45) is 0 Å². The van der Waals surface area contributed by atoms with E-state index in [4.69, 9.17) is 0 Å². The monoisotopic (exact) mass is 306 g/mol. The summed E-state index contributed by atoms with van der Waals surface area (Å²) in [6.07, 6.45) is 0. The fourth-order valence-corrected chi connectivity index (χ4v) is 3.45. The lowest BCUT2D eigenvalue weighted by Gasteiger charge is -2.14. The molecule has 0 amide bonds. The summed E-state index contributed by atoms with van der Waals surface area (Å²) in [5.74, 6) is 1.66. The summed E-state index contributed by atoms with van der Waals surface area (Å²) in [7, 11) is 0. The van der Waals surface area contributed by atoms with Crippen LogP contribution in [0.5, 0.6) is 0 Å². The molecule has 2 nitrogen and oxygen atoms in total. The number of ketones is 1. The van der Waals surface area contributed by atoms with E-state index in [0.29, 0.717) is 11.1 Å². The Hall–Kier alpha value is -2.44. The minimum Gasteiger partial charge on any atom is -0.288 e. The van der Waals surface area contributed by atoms with Crippen LogP contribution < -0.4 is 0 Å². The number of carbonyl (C=O) groups is 1. The molecular weight excluding hydrogens is 284 g/mol. The van der Waals surface area contributed by atoms with E-state index >= 15 is 0 Å². The van der Waals surface area contributed by atoms with Gasteiger partial charge >= 0.3 is 0 Å². The average molecular weight is 306 g/mol. The number of hydrogen-bond acceptors (Lipinski definition) is 2. The molecule has 0 radical (unpaired) electrons. The molecule has 0 heterocycles. The lowest BCUT2D eigenvalue weighted by molar-refractivity contribution is 0.105. The molecule has 0 atom stereocenters. The predicted octanol–water partition coefficient (Wildman–Crippen LogP) is 4.64. The Bertz CT molecular complexity index is 804. The lowest BCUT2D eigenvalue weighted by atomic mass is 9.87. The second-order valence-electron chi connectivity index (χ2n) is 6.35. The molecule has 2 rings (SSSR count). The average Bonchev–Trinajstić information content (AvgIpc) is 2.41. The highest BCUT2D eigenvalue weighted by Crippen LogP contribution is 2.28. The lowest BCUT2D eigenvalue weighted by Crippen LogP contribution is -2.10. The van der Waals surface area contributed by atoms with E-state index in [9.17, 15) is 9.59 Å². The summed E-state index contributed by atoms with van der Waals surface area (Å²) in [5, 5.41) is 0. The first kappa shape index (κ1) is 16.9. The fraction of sp³-hybridized carbons (Fsp3) is 0.286. The number of Topliss-reactive ketones (excluding diaryl/α,β-unsaturated/α-hetero) is 1. The van der Waals surface area contributed by atoms with Gasteiger partial charge in [-0.2, -0.15) is 0 Å². The van der Waals surface area contributed by atoms with Crippen LogP contribution in [0, 0.1) is 41.5 Å². The smallest absolute Gasteiger partial charge is 0.205 e. The molecule has 118 valence electrons. The van der Waals surface area contributed by atoms with Gasteiger partial charge in [-0.1, -0.05) is 35.4 Å². The van der Waals surface area contributed by atoms with Gasteiger partial charge in [0.05, 0.1) is 0 Å². The number of allylic oxidation sites excluding steroid dienone is 1. The Morgan fingerprint density at radius 3 is 1.39 bits per heavy atom. The Balaban J connectivity index is 2.66. The summed E-state index contributed by atoms with van der Waals surface area (Å²) in [4.78, 5) is 24.6. The summed E-state index contributed by atoms with van der Waals surface area (Å²) in [5.41, 5.74) is 7.29. The van der Waals surface area contributed by atoms with E-state index in [-0.39, 0.29) is 11.4 Å². The van der Waals surface area contributed by atoms with Crippen LogP contribution in [0.25, 0.3) is 5.57 Å². The van der Waals surface area contributed by atoms with Crippen molar-refractivity contribution in [3.05, 3.63) is 68.8 Å². The van der Waals surface area contributed by atoms with Crippen LogP contribution in [0.3, 0.4) is 0 Å². The zero-order valence-corrected chi connectivity index (χ0v) is 14.6. The van der Waals surface area contributed by atoms with Crippen molar-refractivity contribution in [3.63, 3.8) is 0 Å². The molecule has 2 aromatic carbocycles. The molecule has 0 aromatic heterocycles. The van der Waals surface area contributed by atoms with Crippen molar-refractivity contribution < 1.29 is 9.59 Å². The van der Waals surface area contributed by atoms with Crippen molar-refractivity contribution in [1.82, 2.24) is 0 Å². The Morgan fingerprint density at radius 1 is 0.696 bits per heavy atom. The summed E-state index contributed by atoms with van der Waals surface area (Å²) in [6.45, 7) is 11.7. The molecule has 0 aliphatic rings. The van der Waals surface area contributed by atoms with E-state index in [1.54, 1.807) is 0 Å². The quantitative estimate of drug-likeness (QED) is 0.470. The largest absolute Gasteiger partial charge is 0.288 e. The summed E-state index contributed by atoms with van der Waals surface area (Å²) >= 11 is 0. The molecule has 0 saturated heterocycles. The third-order valence-electron chi connectivity index (χ3n) is 4.16. The number of carbonyl (C=O) groups excluding carboxylic acids is 2. The van der Waals surface area contributed by atoms with Gasteiger partial charge in [-0.15, -0.1) is 0 Å². The van der Waals surface area contributed by atoms with E-state index in [0.717, 1.165) is 33.4 Å². The fourth-order valence-electron chi connectivity index (χ4n) is 3.45. The highest BCUT2D eigenvalue weighted by Gasteiger charge is 2.22. The Kier molecular flexibility index (Phi) is 4.68. The van der Waals surface area contributed by atoms with Crippen molar-refractivity contribution in [2.75, 3.05) is 0 Å². The molecule has 0 spiro atoms. The van der Waals surface area contributed by atoms with Gasteiger partial charge in [-0.05, 0) is 63.8 Å². The van der Waals surface area contributed by atoms with E-state index in [2.05, 4.69) is 0 Å². The maximum atomic E-state index is 13.0. The standard InChI is InChI=1S/C21H22O2/c1-12-7-14(3)19(15(4)8-12)18(11-22)21(23)20-16(5)9-13(2)10-17(20)6/h7-10H,1-6H3. The van der Waals surface area contributed by atoms with Crippen molar-refractivity contribution in [2.45, 2.75) is 41.5 Å². The molecule has 23 heavy (non-hydrogen) atoms. The van der Waals surface area contributed by atoms with E-state index < -0.39 is 0 Å². The summed E-state index contributed by atoms with van der Waals surface area (Å²) < 4.78 is 0. The van der Waals surface area contributed by atoms with Gasteiger partial charge in [0.15, 0.2) is 0 Å². The van der Waals surface area contributed by atoms with Crippen LogP contribution in [0.1, 0.15) is 49.3 Å². The predicted molar refractivity (Wildman–Crippen MR) is 94.7 cm³/mol. The van der Waals surface area contributed by atoms with Crippen LogP contribution in [-0.4, -0.2) is 11.7 Å². The van der Waals surface area contributed by atoms with Crippen molar-refractivity contribution in [1.29, 1.82) is 0 Å². The maximum Gasteiger partial charge on any atom is 0.205 e. The number of hydrogen-bond donors (Lipinski definition) is 0. The minimum atomic E-state index is -0.245. The molecule has 2 aromatic rings. The molecular formula is C21H22O2. The van der Waals surface area contributed by atoms with Crippen LogP contribution >= 0.6 is 0 Å². The van der Waals surface area contributed by atoms with E-state index in [1.165, 1.54) is 0 Å². The maximum absolute atomic E-state index is 13.0. The molecule has 0 bridgehead atoms. The van der Waals surface area contributed by atoms with Gasteiger partial charge in [0.25, 0.3) is 0 Å². The first-order valence-corrected chi connectivity index (χ1v) is 7.72. The van der Waals surface area contributed by atoms with Gasteiger partial charge in [0, 0.05) is 11.1 Å². The molecule has 0 aliphatic heterocycles. The van der Waals surface area contributed by atoms with Crippen molar-refractivity contribution in [3.8, 4) is 0 Å². The highest BCUT2D eigenvalue weighted by atomic mass is 16.1. The zero-order valence-electron chi connectivity index (χ0n) is 14.6. The van der Waals surface area contributed by atoms with Crippen molar-refractivity contribution >= 4 is 17.3 Å². The Morgan fingerprint density at radius 2 is 1.04 bits per heavy atom. The van der Waals surface area contributed by atoms with Gasteiger partial charge < -0.3 is 0 Å². The summed E-state index contributed by atoms with van der Waals surface area (Å²) in [6, 6.07) is 7.92. The normalized spacial score (nSPS) is 10.3. The van der Waals surface area contributed by atoms with E-state index in [1.807, 2.05) is 71.7 Å².